The van der Waals surface area contributed by atoms with Gasteiger partial charge >= 0.3 is 59.1 Å². The fourth-order valence-corrected chi connectivity index (χ4v) is 6.10. The molecule has 0 aliphatic rings. The minimum absolute atomic E-state index is 0. The Morgan fingerprint density at radius 2 is 1.05 bits per heavy atom. The van der Waals surface area contributed by atoms with Crippen LogP contribution < -0.4 is 59.1 Å². The van der Waals surface area contributed by atoms with E-state index in [0.29, 0.717) is 0 Å². The first-order valence-electron chi connectivity index (χ1n) is 6.15. The quantitative estimate of drug-likeness (QED) is 0.132. The van der Waals surface area contributed by atoms with Gasteiger partial charge in [-0.25, -0.2) is 0 Å². The minimum Gasteiger partial charge on any atom is -0.772 e. The molecule has 0 aliphatic heterocycles. The number of hydrogen-bond acceptors (Lipinski definition) is 7. The van der Waals surface area contributed by atoms with Crippen LogP contribution in [0.15, 0.2) is 0 Å². The predicted octanol–water partition coefficient (Wildman–Crippen LogP) is -2.88. The zero-order valence-corrected chi connectivity index (χ0v) is 20.8. The molecule has 0 amide bonds. The second-order valence-electron chi connectivity index (χ2n) is 3.85. The van der Waals surface area contributed by atoms with Gasteiger partial charge in [0.15, 0.2) is 0 Å². The van der Waals surface area contributed by atoms with E-state index in [1.54, 1.807) is 9.83 Å². The zero-order chi connectivity index (χ0) is 14.3. The van der Waals surface area contributed by atoms with Gasteiger partial charge in [0.05, 0.1) is 0 Å². The van der Waals surface area contributed by atoms with Gasteiger partial charge in [0.25, 0.3) is 0 Å². The molecule has 0 aromatic heterocycles. The summed E-state index contributed by atoms with van der Waals surface area (Å²) < 4.78 is 41.1. The van der Waals surface area contributed by atoms with Crippen LogP contribution >= 0.6 is 31.4 Å². The normalized spacial score (nSPS) is 13.0. The predicted molar refractivity (Wildman–Crippen MR) is 87.8 cm³/mol. The number of hydrogen-bond donors (Lipinski definition) is 0. The SMILES string of the molecule is O=S([O-])CCCCCSSSCCCCCS(=O)[O-].[Na+].[Na+]. The second-order valence-corrected chi connectivity index (χ2v) is 10.4. The molecule has 0 saturated carbocycles. The summed E-state index contributed by atoms with van der Waals surface area (Å²) in [6, 6.07) is 0. The first kappa shape index (κ1) is 29.0. The summed E-state index contributed by atoms with van der Waals surface area (Å²) in [6.07, 6.45) is 5.58. The monoisotopic (exact) mass is 410 g/mol. The standard InChI is InChI=1S/C10H22O4S5.2Na/c11-18(12)9-5-1-3-7-15-17-16-8-4-2-6-10-19(13)14;;/h1-10H2,(H,11,12)(H,13,14);;/q;2*+1/p-2. The van der Waals surface area contributed by atoms with Gasteiger partial charge < -0.3 is 9.11 Å². The Hall–Kier alpha value is 3.27. The zero-order valence-electron chi connectivity index (χ0n) is 12.7. The number of rotatable bonds is 14. The van der Waals surface area contributed by atoms with E-state index >= 15 is 0 Å². The van der Waals surface area contributed by atoms with Crippen LogP contribution in [0.5, 0.6) is 0 Å². The van der Waals surface area contributed by atoms with E-state index in [-0.39, 0.29) is 70.6 Å². The summed E-state index contributed by atoms with van der Waals surface area (Å²) in [5, 5.41) is 0. The largest absolute Gasteiger partial charge is 1.00 e. The molecule has 0 saturated heterocycles. The van der Waals surface area contributed by atoms with Gasteiger partial charge in [-0.2, -0.15) is 0 Å². The van der Waals surface area contributed by atoms with Gasteiger partial charge in [-0.1, -0.05) is 56.6 Å². The van der Waals surface area contributed by atoms with Crippen molar-refractivity contribution in [3.63, 3.8) is 0 Å². The van der Waals surface area contributed by atoms with Gasteiger partial charge in [-0.3, -0.25) is 8.42 Å². The van der Waals surface area contributed by atoms with E-state index in [1.165, 1.54) is 0 Å². The summed E-state index contributed by atoms with van der Waals surface area (Å²) in [7, 11) is 5.39. The maximum absolute atomic E-state index is 10.3. The van der Waals surface area contributed by atoms with Crippen LogP contribution in [0.1, 0.15) is 38.5 Å². The molecule has 0 rings (SSSR count). The Bertz CT molecular complexity index is 238. The molecule has 2 unspecified atom stereocenters. The first-order chi connectivity index (χ1) is 9.13. The van der Waals surface area contributed by atoms with Crippen molar-refractivity contribution in [1.29, 1.82) is 0 Å². The van der Waals surface area contributed by atoms with E-state index in [0.717, 1.165) is 50.0 Å². The van der Waals surface area contributed by atoms with E-state index in [4.69, 9.17) is 0 Å². The van der Waals surface area contributed by atoms with E-state index in [9.17, 15) is 17.5 Å². The average Bonchev–Trinajstić information content (AvgIpc) is 2.34. The molecule has 0 N–H and O–H groups in total. The maximum atomic E-state index is 10.3. The van der Waals surface area contributed by atoms with Crippen LogP contribution in [0.2, 0.25) is 0 Å². The molecule has 0 aliphatic carbocycles. The molecule has 11 heteroatoms. The molecule has 2 atom stereocenters. The third-order valence-electron chi connectivity index (χ3n) is 2.17. The average molecular weight is 411 g/mol. The van der Waals surface area contributed by atoms with Crippen LogP contribution in [-0.2, 0) is 22.2 Å². The van der Waals surface area contributed by atoms with Crippen molar-refractivity contribution in [1.82, 2.24) is 0 Å². The van der Waals surface area contributed by atoms with Crippen molar-refractivity contribution < 1.29 is 76.6 Å². The fourth-order valence-electron chi connectivity index (χ4n) is 1.22. The van der Waals surface area contributed by atoms with Gasteiger partial charge in [-0.05, 0) is 35.5 Å². The Morgan fingerprint density at radius 3 is 1.38 bits per heavy atom. The molecule has 21 heavy (non-hydrogen) atoms. The minimum atomic E-state index is -1.89. The molecule has 116 valence electrons. The Morgan fingerprint density at radius 1 is 0.667 bits per heavy atom. The van der Waals surface area contributed by atoms with Crippen molar-refractivity contribution in [2.75, 3.05) is 23.0 Å². The van der Waals surface area contributed by atoms with Crippen molar-refractivity contribution >= 4 is 53.6 Å². The molecule has 0 aromatic rings. The van der Waals surface area contributed by atoms with E-state index < -0.39 is 22.2 Å². The van der Waals surface area contributed by atoms with Crippen molar-refractivity contribution in [2.24, 2.45) is 0 Å². The molecule has 0 aromatic carbocycles. The molecule has 0 spiro atoms. The maximum Gasteiger partial charge on any atom is 1.00 e. The summed E-state index contributed by atoms with van der Waals surface area (Å²) >= 11 is -3.78. The van der Waals surface area contributed by atoms with Gasteiger partial charge in [-0.15, -0.1) is 0 Å². The fraction of sp³-hybridized carbons (Fsp3) is 1.00. The summed E-state index contributed by atoms with van der Waals surface area (Å²) in [6.45, 7) is 0. The summed E-state index contributed by atoms with van der Waals surface area (Å²) in [5.74, 6) is 2.66. The van der Waals surface area contributed by atoms with Crippen LogP contribution in [0, 0.1) is 0 Å². The molecular weight excluding hydrogens is 390 g/mol. The Labute approximate surface area is 189 Å². The van der Waals surface area contributed by atoms with Crippen LogP contribution in [0.4, 0.5) is 0 Å². The smallest absolute Gasteiger partial charge is 0.772 e. The molecule has 4 nitrogen and oxygen atoms in total. The topological polar surface area (TPSA) is 80.3 Å². The van der Waals surface area contributed by atoms with Crippen LogP contribution in [-0.4, -0.2) is 40.5 Å². The van der Waals surface area contributed by atoms with E-state index in [1.807, 2.05) is 21.6 Å². The van der Waals surface area contributed by atoms with Crippen molar-refractivity contribution in [2.45, 2.75) is 38.5 Å². The molecular formula is C10H20Na2O4S5. The van der Waals surface area contributed by atoms with Crippen molar-refractivity contribution in [3.8, 4) is 0 Å². The Kier molecular flexibility index (Phi) is 32.2. The van der Waals surface area contributed by atoms with Crippen LogP contribution in [0.3, 0.4) is 0 Å². The van der Waals surface area contributed by atoms with Gasteiger partial charge in [0.2, 0.25) is 0 Å². The number of unbranched alkanes of at least 4 members (excludes halogenated alkanes) is 4. The second kappa shape index (κ2) is 23.3. The van der Waals surface area contributed by atoms with Crippen LogP contribution in [0.25, 0.3) is 0 Å². The third-order valence-corrected chi connectivity index (χ3v) is 7.83. The third kappa shape index (κ3) is 28.4. The van der Waals surface area contributed by atoms with Crippen molar-refractivity contribution in [3.05, 3.63) is 0 Å². The summed E-state index contributed by atoms with van der Waals surface area (Å²) in [4.78, 5) is 0. The van der Waals surface area contributed by atoms with Gasteiger partial charge in [0.1, 0.15) is 0 Å². The molecule has 0 bridgehead atoms. The first-order valence-corrected chi connectivity index (χ1v) is 12.5. The Balaban J connectivity index is -0.00000162. The molecule has 0 heterocycles. The van der Waals surface area contributed by atoms with Gasteiger partial charge in [0, 0.05) is 23.0 Å². The summed E-state index contributed by atoms with van der Waals surface area (Å²) in [5.41, 5.74) is 0. The molecule has 0 fully saturated rings. The molecule has 0 radical (unpaired) electrons. The van der Waals surface area contributed by atoms with E-state index in [2.05, 4.69) is 0 Å².